The second-order valence-electron chi connectivity index (χ2n) is 5.43. The van der Waals surface area contributed by atoms with Crippen LogP contribution >= 0.6 is 11.6 Å². The second kappa shape index (κ2) is 7.46. The molecular weight excluding hydrogens is 345 g/mol. The van der Waals surface area contributed by atoms with Gasteiger partial charge in [-0.3, -0.25) is 4.79 Å². The third-order valence-electron chi connectivity index (χ3n) is 3.65. The van der Waals surface area contributed by atoms with Crippen molar-refractivity contribution in [1.82, 2.24) is 15.1 Å². The number of hydrogen-bond acceptors (Lipinski definition) is 3. The van der Waals surface area contributed by atoms with Gasteiger partial charge in [0.15, 0.2) is 0 Å². The van der Waals surface area contributed by atoms with Gasteiger partial charge in [0.2, 0.25) is 0 Å². The topological polar surface area (TPSA) is 67.2 Å². The molecule has 3 aromatic rings. The first-order valence-corrected chi connectivity index (χ1v) is 7.93. The first-order valence-electron chi connectivity index (χ1n) is 7.55. The Kier molecular flexibility index (Phi) is 5.11. The predicted octanol–water partition coefficient (Wildman–Crippen LogP) is 3.13. The molecule has 0 spiro atoms. The van der Waals surface area contributed by atoms with Crippen LogP contribution in [0.3, 0.4) is 0 Å². The summed E-state index contributed by atoms with van der Waals surface area (Å²) in [5.41, 5.74) is 1.66. The van der Waals surface area contributed by atoms with Crippen molar-refractivity contribution >= 4 is 17.5 Å². The standard InChI is InChI=1S/C18H15ClFN3O2/c19-14-3-7-16(8-4-14)23-11-13(9-22-23)18(25)21-10-17(24)12-1-5-15(20)6-2-12/h1-9,11,17,24H,10H2,(H,21,25). The fraction of sp³-hybridized carbons (Fsp3) is 0.111. The molecule has 0 saturated carbocycles. The molecule has 0 saturated heterocycles. The van der Waals surface area contributed by atoms with Crippen molar-refractivity contribution in [2.45, 2.75) is 6.10 Å². The molecule has 3 rings (SSSR count). The fourth-order valence-corrected chi connectivity index (χ4v) is 2.40. The highest BCUT2D eigenvalue weighted by Gasteiger charge is 2.13. The number of rotatable bonds is 5. The Labute approximate surface area is 148 Å². The highest BCUT2D eigenvalue weighted by molar-refractivity contribution is 6.30. The number of carbonyl (C=O) groups excluding carboxylic acids is 1. The Morgan fingerprint density at radius 1 is 1.20 bits per heavy atom. The quantitative estimate of drug-likeness (QED) is 0.735. The molecule has 7 heteroatoms. The van der Waals surface area contributed by atoms with Crippen LogP contribution in [-0.4, -0.2) is 27.3 Å². The van der Waals surface area contributed by atoms with E-state index in [0.29, 0.717) is 16.1 Å². The molecule has 0 bridgehead atoms. The molecule has 5 nitrogen and oxygen atoms in total. The monoisotopic (exact) mass is 359 g/mol. The Hall–Kier alpha value is -2.70. The van der Waals surface area contributed by atoms with Crippen LogP contribution in [-0.2, 0) is 0 Å². The van der Waals surface area contributed by atoms with Crippen molar-refractivity contribution in [2.75, 3.05) is 6.54 Å². The molecule has 0 aliphatic carbocycles. The molecule has 1 unspecified atom stereocenters. The van der Waals surface area contributed by atoms with E-state index in [2.05, 4.69) is 10.4 Å². The van der Waals surface area contributed by atoms with Gasteiger partial charge in [0.1, 0.15) is 5.82 Å². The SMILES string of the molecule is O=C(NCC(O)c1ccc(F)cc1)c1cnn(-c2ccc(Cl)cc2)c1. The van der Waals surface area contributed by atoms with Gasteiger partial charge in [-0.2, -0.15) is 5.10 Å². The van der Waals surface area contributed by atoms with Crippen molar-refractivity contribution in [3.8, 4) is 5.69 Å². The minimum absolute atomic E-state index is 0.0105. The van der Waals surface area contributed by atoms with Gasteiger partial charge in [0.25, 0.3) is 5.91 Å². The van der Waals surface area contributed by atoms with E-state index in [1.807, 2.05) is 0 Å². The molecule has 0 radical (unpaired) electrons. The lowest BCUT2D eigenvalue weighted by atomic mass is 10.1. The smallest absolute Gasteiger partial charge is 0.254 e. The van der Waals surface area contributed by atoms with Crippen LogP contribution in [0.1, 0.15) is 22.0 Å². The van der Waals surface area contributed by atoms with E-state index in [1.54, 1.807) is 35.1 Å². The zero-order chi connectivity index (χ0) is 17.8. The Morgan fingerprint density at radius 3 is 2.56 bits per heavy atom. The predicted molar refractivity (Wildman–Crippen MR) is 92.3 cm³/mol. The molecule has 2 aromatic carbocycles. The maximum absolute atomic E-state index is 12.9. The summed E-state index contributed by atoms with van der Waals surface area (Å²) in [7, 11) is 0. The van der Waals surface area contributed by atoms with Gasteiger partial charge in [-0.15, -0.1) is 0 Å². The highest BCUT2D eigenvalue weighted by Crippen LogP contribution is 2.14. The van der Waals surface area contributed by atoms with Crippen molar-refractivity contribution in [2.24, 2.45) is 0 Å². The van der Waals surface area contributed by atoms with Gasteiger partial charge >= 0.3 is 0 Å². The van der Waals surface area contributed by atoms with Crippen LogP contribution in [0, 0.1) is 5.82 Å². The Balaban J connectivity index is 1.62. The van der Waals surface area contributed by atoms with E-state index in [-0.39, 0.29) is 18.3 Å². The van der Waals surface area contributed by atoms with Gasteiger partial charge < -0.3 is 10.4 Å². The molecule has 0 fully saturated rings. The summed E-state index contributed by atoms with van der Waals surface area (Å²) >= 11 is 5.85. The number of aliphatic hydroxyl groups is 1. The molecule has 25 heavy (non-hydrogen) atoms. The average Bonchev–Trinajstić information content (AvgIpc) is 3.11. The van der Waals surface area contributed by atoms with Crippen LogP contribution in [0.4, 0.5) is 4.39 Å². The zero-order valence-corrected chi connectivity index (χ0v) is 13.8. The van der Waals surface area contributed by atoms with Crippen molar-refractivity contribution in [1.29, 1.82) is 0 Å². The molecule has 1 amide bonds. The van der Waals surface area contributed by atoms with E-state index >= 15 is 0 Å². The number of nitrogens with zero attached hydrogens (tertiary/aromatic N) is 2. The van der Waals surface area contributed by atoms with Gasteiger partial charge in [0, 0.05) is 17.8 Å². The maximum atomic E-state index is 12.9. The largest absolute Gasteiger partial charge is 0.387 e. The molecule has 1 atom stereocenters. The fourth-order valence-electron chi connectivity index (χ4n) is 2.27. The third-order valence-corrected chi connectivity index (χ3v) is 3.90. The minimum Gasteiger partial charge on any atom is -0.387 e. The van der Waals surface area contributed by atoms with Gasteiger partial charge in [0.05, 0.1) is 23.6 Å². The summed E-state index contributed by atoms with van der Waals surface area (Å²) in [4.78, 5) is 12.2. The first kappa shape index (κ1) is 17.1. The Morgan fingerprint density at radius 2 is 1.88 bits per heavy atom. The summed E-state index contributed by atoms with van der Waals surface area (Å²) in [6, 6.07) is 12.5. The number of aliphatic hydroxyl groups excluding tert-OH is 1. The van der Waals surface area contributed by atoms with Crippen LogP contribution in [0.2, 0.25) is 5.02 Å². The van der Waals surface area contributed by atoms with Gasteiger partial charge in [-0.05, 0) is 42.0 Å². The van der Waals surface area contributed by atoms with E-state index < -0.39 is 6.10 Å². The van der Waals surface area contributed by atoms with E-state index in [9.17, 15) is 14.3 Å². The zero-order valence-electron chi connectivity index (χ0n) is 13.1. The molecular formula is C18H15ClFN3O2. The molecule has 0 aliphatic heterocycles. The van der Waals surface area contributed by atoms with Crippen LogP contribution in [0.15, 0.2) is 60.9 Å². The molecule has 1 aromatic heterocycles. The molecule has 128 valence electrons. The van der Waals surface area contributed by atoms with Crippen LogP contribution < -0.4 is 5.32 Å². The summed E-state index contributed by atoms with van der Waals surface area (Å²) in [6.45, 7) is 0.0105. The summed E-state index contributed by atoms with van der Waals surface area (Å²) in [5.74, 6) is -0.740. The molecule has 1 heterocycles. The number of aromatic nitrogens is 2. The first-order chi connectivity index (χ1) is 12.0. The lowest BCUT2D eigenvalue weighted by Gasteiger charge is -2.11. The van der Waals surface area contributed by atoms with E-state index in [4.69, 9.17) is 11.6 Å². The highest BCUT2D eigenvalue weighted by atomic mass is 35.5. The number of halogens is 2. The number of carbonyl (C=O) groups is 1. The van der Waals surface area contributed by atoms with E-state index in [0.717, 1.165) is 5.69 Å². The van der Waals surface area contributed by atoms with E-state index in [1.165, 1.54) is 30.5 Å². The lowest BCUT2D eigenvalue weighted by Crippen LogP contribution is -2.28. The minimum atomic E-state index is -0.920. The van der Waals surface area contributed by atoms with Crippen LogP contribution in [0.5, 0.6) is 0 Å². The summed E-state index contributed by atoms with van der Waals surface area (Å²) in [5, 5.41) is 17.4. The van der Waals surface area contributed by atoms with Crippen molar-refractivity contribution in [3.05, 3.63) is 82.9 Å². The molecule has 0 aliphatic rings. The average molecular weight is 360 g/mol. The third kappa shape index (κ3) is 4.23. The maximum Gasteiger partial charge on any atom is 0.254 e. The number of amides is 1. The summed E-state index contributed by atoms with van der Waals surface area (Å²) < 4.78 is 14.4. The second-order valence-corrected chi connectivity index (χ2v) is 5.86. The Bertz CT molecular complexity index is 863. The summed E-state index contributed by atoms with van der Waals surface area (Å²) in [6.07, 6.45) is 2.10. The number of benzene rings is 2. The van der Waals surface area contributed by atoms with Gasteiger partial charge in [-0.1, -0.05) is 23.7 Å². The van der Waals surface area contributed by atoms with Gasteiger partial charge in [-0.25, -0.2) is 9.07 Å². The van der Waals surface area contributed by atoms with Crippen LogP contribution in [0.25, 0.3) is 5.69 Å². The number of hydrogen-bond donors (Lipinski definition) is 2. The normalized spacial score (nSPS) is 12.0. The van der Waals surface area contributed by atoms with Crippen molar-refractivity contribution in [3.63, 3.8) is 0 Å². The van der Waals surface area contributed by atoms with Crippen molar-refractivity contribution < 1.29 is 14.3 Å². The lowest BCUT2D eigenvalue weighted by molar-refractivity contribution is 0.0916. The molecule has 2 N–H and O–H groups in total. The number of nitrogens with one attached hydrogen (secondary N) is 1.